The lowest BCUT2D eigenvalue weighted by Gasteiger charge is -2.12. The van der Waals surface area contributed by atoms with Crippen molar-refractivity contribution in [3.63, 3.8) is 0 Å². The summed E-state index contributed by atoms with van der Waals surface area (Å²) in [5, 5.41) is 13.4. The number of non-ortho nitro benzene ring substituents is 1. The first kappa shape index (κ1) is 24.3. The zero-order chi connectivity index (χ0) is 23.6. The van der Waals surface area contributed by atoms with Gasteiger partial charge in [0, 0.05) is 12.1 Å². The van der Waals surface area contributed by atoms with Crippen LogP contribution in [0.2, 0.25) is 25.1 Å². The van der Waals surface area contributed by atoms with Gasteiger partial charge in [-0.2, -0.15) is 0 Å². The molecule has 168 valence electrons. The minimum atomic E-state index is -0.646. The van der Waals surface area contributed by atoms with Gasteiger partial charge in [-0.15, -0.1) is 0 Å². The predicted molar refractivity (Wildman–Crippen MR) is 122 cm³/mol. The van der Waals surface area contributed by atoms with Gasteiger partial charge in [0.15, 0.2) is 11.5 Å². The van der Waals surface area contributed by atoms with Gasteiger partial charge < -0.3 is 19.2 Å². The molecule has 3 rings (SSSR count). The number of amides is 1. The summed E-state index contributed by atoms with van der Waals surface area (Å²) in [5.74, 6) is -0.261. The fraction of sp³-hybridized carbons (Fsp3) is 0.105. The average molecular weight is 541 g/mol. The average Bonchev–Trinajstić information content (AvgIpc) is 3.25. The van der Waals surface area contributed by atoms with Crippen molar-refractivity contribution in [2.24, 2.45) is 0 Å². The third-order valence-electron chi connectivity index (χ3n) is 4.01. The summed E-state index contributed by atoms with van der Waals surface area (Å²) in [7, 11) is 1.35. The number of halogens is 5. The number of nitrogens with one attached hydrogen (secondary N) is 1. The number of carbonyl (C=O) groups is 1. The van der Waals surface area contributed by atoms with Crippen LogP contribution in [-0.2, 0) is 6.61 Å². The van der Waals surface area contributed by atoms with Gasteiger partial charge in [-0.05, 0) is 12.1 Å². The molecule has 0 unspecified atom stereocenters. The van der Waals surface area contributed by atoms with Crippen LogP contribution in [0.15, 0.2) is 34.7 Å². The summed E-state index contributed by atoms with van der Waals surface area (Å²) in [6.07, 6.45) is 0. The molecule has 3 aromatic rings. The van der Waals surface area contributed by atoms with E-state index in [1.807, 2.05) is 0 Å². The first-order chi connectivity index (χ1) is 15.1. The number of methoxy groups -OCH3 is 1. The van der Waals surface area contributed by atoms with Crippen molar-refractivity contribution in [3.05, 3.63) is 77.1 Å². The number of furan rings is 1. The van der Waals surface area contributed by atoms with E-state index in [-0.39, 0.29) is 66.1 Å². The Morgan fingerprint density at radius 2 is 1.66 bits per heavy atom. The summed E-state index contributed by atoms with van der Waals surface area (Å²) in [6, 6.07) is 6.72. The normalized spacial score (nSPS) is 10.7. The van der Waals surface area contributed by atoms with E-state index in [1.165, 1.54) is 37.4 Å². The van der Waals surface area contributed by atoms with Gasteiger partial charge in [0.05, 0.1) is 38.9 Å². The fourth-order valence-electron chi connectivity index (χ4n) is 2.50. The quantitative estimate of drug-likeness (QED) is 0.146. The van der Waals surface area contributed by atoms with Crippen LogP contribution in [0.1, 0.15) is 16.3 Å². The van der Waals surface area contributed by atoms with Crippen molar-refractivity contribution in [2.45, 2.75) is 6.61 Å². The van der Waals surface area contributed by atoms with Crippen molar-refractivity contribution in [1.82, 2.24) is 0 Å². The Bertz CT molecular complexity index is 1180. The Morgan fingerprint density at radius 1 is 1.03 bits per heavy atom. The Morgan fingerprint density at radius 3 is 2.25 bits per heavy atom. The van der Waals surface area contributed by atoms with Crippen molar-refractivity contribution >= 4 is 75.3 Å². The zero-order valence-electron chi connectivity index (χ0n) is 15.9. The molecule has 13 heteroatoms. The molecule has 0 aliphatic heterocycles. The smallest absolute Gasteiger partial charge is 0.291 e. The van der Waals surface area contributed by atoms with E-state index in [0.29, 0.717) is 0 Å². The summed E-state index contributed by atoms with van der Waals surface area (Å²) in [6.45, 7) is -0.161. The van der Waals surface area contributed by atoms with E-state index in [1.54, 1.807) is 0 Å². The van der Waals surface area contributed by atoms with Crippen molar-refractivity contribution in [2.75, 3.05) is 12.4 Å². The highest BCUT2D eigenvalue weighted by Gasteiger charge is 2.21. The molecule has 2 aromatic carbocycles. The maximum Gasteiger partial charge on any atom is 0.291 e. The number of hydrogen-bond donors (Lipinski definition) is 1. The molecular formula is C19H11Cl5N2O6. The number of ether oxygens (including phenoxy) is 2. The van der Waals surface area contributed by atoms with Gasteiger partial charge >= 0.3 is 0 Å². The highest BCUT2D eigenvalue weighted by molar-refractivity contribution is 6.55. The third-order valence-corrected chi connectivity index (χ3v) is 6.25. The molecule has 1 N–H and O–H groups in total. The molecule has 0 spiro atoms. The number of nitrogens with zero attached hydrogens (tertiary/aromatic N) is 1. The molecule has 0 saturated heterocycles. The minimum Gasteiger partial charge on any atom is -0.496 e. The van der Waals surface area contributed by atoms with Crippen LogP contribution in [0.25, 0.3) is 0 Å². The molecular weight excluding hydrogens is 529 g/mol. The van der Waals surface area contributed by atoms with Crippen LogP contribution >= 0.6 is 58.0 Å². The maximum atomic E-state index is 12.5. The van der Waals surface area contributed by atoms with E-state index < -0.39 is 10.8 Å². The molecule has 0 aliphatic carbocycles. The van der Waals surface area contributed by atoms with Gasteiger partial charge in [0.2, 0.25) is 0 Å². The van der Waals surface area contributed by atoms with E-state index in [9.17, 15) is 14.9 Å². The molecule has 32 heavy (non-hydrogen) atoms. The molecule has 0 bridgehead atoms. The monoisotopic (exact) mass is 538 g/mol. The predicted octanol–water partition coefficient (Wildman–Crippen LogP) is 7.29. The highest BCUT2D eigenvalue weighted by Crippen LogP contribution is 2.48. The van der Waals surface area contributed by atoms with E-state index in [0.717, 1.165) is 0 Å². The number of anilines is 1. The van der Waals surface area contributed by atoms with Crippen molar-refractivity contribution < 1.29 is 23.6 Å². The van der Waals surface area contributed by atoms with Gasteiger partial charge in [0.25, 0.3) is 11.6 Å². The van der Waals surface area contributed by atoms with Gasteiger partial charge in [-0.1, -0.05) is 58.0 Å². The summed E-state index contributed by atoms with van der Waals surface area (Å²) in [5.41, 5.74) is -0.0958. The molecule has 1 heterocycles. The molecule has 8 nitrogen and oxygen atoms in total. The zero-order valence-corrected chi connectivity index (χ0v) is 19.7. The summed E-state index contributed by atoms with van der Waals surface area (Å²) >= 11 is 30.2. The number of carbonyl (C=O) groups excluding carboxylic acids is 1. The lowest BCUT2D eigenvalue weighted by Crippen LogP contribution is -2.11. The summed E-state index contributed by atoms with van der Waals surface area (Å²) in [4.78, 5) is 22.9. The second-order valence-electron chi connectivity index (χ2n) is 6.08. The molecule has 1 amide bonds. The van der Waals surface area contributed by atoms with Crippen LogP contribution in [0.5, 0.6) is 11.5 Å². The SMILES string of the molecule is COc1cc(NC(=O)c2ccc(COc3c(Cl)c(Cl)c(Cl)c(Cl)c3Cl)o2)cc([N+](=O)[O-])c1. The maximum absolute atomic E-state index is 12.5. The molecule has 0 atom stereocenters. The molecule has 0 fully saturated rings. The Balaban J connectivity index is 1.74. The summed E-state index contributed by atoms with van der Waals surface area (Å²) < 4.78 is 16.0. The number of rotatable bonds is 7. The number of hydrogen-bond acceptors (Lipinski definition) is 6. The molecule has 0 saturated carbocycles. The lowest BCUT2D eigenvalue weighted by molar-refractivity contribution is -0.384. The van der Waals surface area contributed by atoms with Gasteiger partial charge in [-0.25, -0.2) is 0 Å². The Hall–Kier alpha value is -2.36. The Kier molecular flexibility index (Phi) is 7.63. The van der Waals surface area contributed by atoms with Crippen LogP contribution in [0.4, 0.5) is 11.4 Å². The van der Waals surface area contributed by atoms with E-state index >= 15 is 0 Å². The topological polar surface area (TPSA) is 104 Å². The lowest BCUT2D eigenvalue weighted by atomic mass is 10.2. The standard InChI is InChI=1S/C19H11Cl5N2O6/c1-30-11-5-8(4-9(6-11)26(28)29)25-19(27)12-3-2-10(32-12)7-31-18-16(23)14(21)13(20)15(22)17(18)24/h2-6H,7H2,1H3,(H,25,27). The number of benzene rings is 2. The largest absolute Gasteiger partial charge is 0.496 e. The van der Waals surface area contributed by atoms with Crippen LogP contribution in [-0.4, -0.2) is 17.9 Å². The van der Waals surface area contributed by atoms with Crippen molar-refractivity contribution in [1.29, 1.82) is 0 Å². The fourth-order valence-corrected chi connectivity index (χ4v) is 3.73. The van der Waals surface area contributed by atoms with Crippen LogP contribution < -0.4 is 14.8 Å². The molecule has 0 radical (unpaired) electrons. The van der Waals surface area contributed by atoms with E-state index in [2.05, 4.69) is 5.32 Å². The highest BCUT2D eigenvalue weighted by atomic mass is 35.5. The second kappa shape index (κ2) is 10.1. The van der Waals surface area contributed by atoms with E-state index in [4.69, 9.17) is 71.9 Å². The van der Waals surface area contributed by atoms with Gasteiger partial charge in [-0.3, -0.25) is 14.9 Å². The minimum absolute atomic E-state index is 0.00109. The molecule has 1 aromatic heterocycles. The second-order valence-corrected chi connectivity index (χ2v) is 7.97. The number of nitro groups is 1. The Labute approximate surface area is 206 Å². The third kappa shape index (κ3) is 5.16. The van der Waals surface area contributed by atoms with Crippen LogP contribution in [0, 0.1) is 10.1 Å². The number of nitro benzene ring substituents is 1. The first-order valence-corrected chi connectivity index (χ1v) is 10.4. The van der Waals surface area contributed by atoms with Crippen LogP contribution in [0.3, 0.4) is 0 Å². The van der Waals surface area contributed by atoms with Crippen molar-refractivity contribution in [3.8, 4) is 11.5 Å². The molecule has 0 aliphatic rings. The first-order valence-electron chi connectivity index (χ1n) is 8.50. The van der Waals surface area contributed by atoms with Gasteiger partial charge in [0.1, 0.15) is 28.2 Å².